The Labute approximate surface area is 83.4 Å². The van der Waals surface area contributed by atoms with Crippen molar-refractivity contribution in [2.45, 2.75) is 6.32 Å². The zero-order valence-electron chi connectivity index (χ0n) is 7.88. The Bertz CT molecular complexity index is 287. The standard InChI is InChI=1S/C9H11BNO3/c1-13-9-4-2-8(3-5-9)6-10-14-7-11-12/h2-5,7,12H,6H2,1H3/b11-7+. The fraction of sp³-hybridized carbons (Fsp3) is 0.222. The molecule has 0 fully saturated rings. The molecule has 1 N–H and O–H groups in total. The van der Waals surface area contributed by atoms with Crippen LogP contribution in [-0.4, -0.2) is 26.2 Å². The summed E-state index contributed by atoms with van der Waals surface area (Å²) in [5.74, 6) is 0.826. The molecule has 5 heteroatoms. The zero-order chi connectivity index (χ0) is 10.2. The third-order valence-corrected chi connectivity index (χ3v) is 1.68. The lowest BCUT2D eigenvalue weighted by Gasteiger charge is -2.01. The van der Waals surface area contributed by atoms with E-state index in [0.29, 0.717) is 6.32 Å². The minimum atomic E-state index is 0.649. The summed E-state index contributed by atoms with van der Waals surface area (Å²) in [7, 11) is 3.17. The summed E-state index contributed by atoms with van der Waals surface area (Å²) in [6.45, 7) is 0. The molecule has 0 aliphatic heterocycles. The third kappa shape index (κ3) is 3.39. The first-order valence-corrected chi connectivity index (χ1v) is 4.13. The van der Waals surface area contributed by atoms with Crippen LogP contribution >= 0.6 is 0 Å². The van der Waals surface area contributed by atoms with Crippen molar-refractivity contribution in [3.8, 4) is 5.75 Å². The highest BCUT2D eigenvalue weighted by Crippen LogP contribution is 2.11. The Morgan fingerprint density at radius 3 is 2.71 bits per heavy atom. The smallest absolute Gasteiger partial charge is 0.375 e. The predicted molar refractivity (Wildman–Crippen MR) is 53.8 cm³/mol. The predicted octanol–water partition coefficient (Wildman–Crippen LogP) is 1.25. The largest absolute Gasteiger partial charge is 0.553 e. The fourth-order valence-corrected chi connectivity index (χ4v) is 0.976. The second-order valence-corrected chi connectivity index (χ2v) is 2.58. The number of rotatable bonds is 5. The highest BCUT2D eigenvalue weighted by molar-refractivity contribution is 6.28. The molecule has 0 amide bonds. The number of benzene rings is 1. The van der Waals surface area contributed by atoms with Crippen LogP contribution in [0, 0.1) is 0 Å². The quantitative estimate of drug-likeness (QED) is 0.191. The van der Waals surface area contributed by atoms with Gasteiger partial charge in [-0.1, -0.05) is 22.9 Å². The van der Waals surface area contributed by atoms with Gasteiger partial charge in [0.1, 0.15) is 5.75 Å². The average molecular weight is 192 g/mol. The number of hydrogen-bond donors (Lipinski definition) is 1. The molecule has 0 atom stereocenters. The Balaban J connectivity index is 2.36. The van der Waals surface area contributed by atoms with Gasteiger partial charge >= 0.3 is 7.48 Å². The van der Waals surface area contributed by atoms with Crippen LogP contribution in [0.1, 0.15) is 5.56 Å². The van der Waals surface area contributed by atoms with Gasteiger partial charge in [0.15, 0.2) is 6.40 Å². The average Bonchev–Trinajstić information content (AvgIpc) is 2.25. The lowest BCUT2D eigenvalue weighted by molar-refractivity contribution is 0.310. The summed E-state index contributed by atoms with van der Waals surface area (Å²) < 4.78 is 9.76. The molecule has 14 heavy (non-hydrogen) atoms. The first-order chi connectivity index (χ1) is 6.86. The van der Waals surface area contributed by atoms with Gasteiger partial charge in [-0.25, -0.2) is 0 Å². The molecule has 1 rings (SSSR count). The summed E-state index contributed by atoms with van der Waals surface area (Å²) in [6, 6.07) is 7.64. The van der Waals surface area contributed by atoms with E-state index in [0.717, 1.165) is 17.7 Å². The molecule has 0 bridgehead atoms. The monoisotopic (exact) mass is 192 g/mol. The first kappa shape index (κ1) is 10.4. The molecular weight excluding hydrogens is 181 g/mol. The van der Waals surface area contributed by atoms with E-state index in [1.165, 1.54) is 0 Å². The summed E-state index contributed by atoms with van der Waals surface area (Å²) in [4.78, 5) is 0. The zero-order valence-corrected chi connectivity index (χ0v) is 7.88. The van der Waals surface area contributed by atoms with E-state index in [1.807, 2.05) is 24.3 Å². The maximum Gasteiger partial charge on any atom is 0.375 e. The topological polar surface area (TPSA) is 51.0 Å². The molecule has 0 aliphatic carbocycles. The van der Waals surface area contributed by atoms with Crippen LogP contribution in [0.25, 0.3) is 0 Å². The SMILES string of the molecule is COc1ccc(C[B]O/C=N/O)cc1. The van der Waals surface area contributed by atoms with Crippen molar-refractivity contribution < 1.29 is 14.6 Å². The summed E-state index contributed by atoms with van der Waals surface area (Å²) in [5.41, 5.74) is 1.09. The van der Waals surface area contributed by atoms with Crippen molar-refractivity contribution in [3.05, 3.63) is 29.8 Å². The van der Waals surface area contributed by atoms with Gasteiger partial charge in [0.25, 0.3) is 0 Å². The lowest BCUT2D eigenvalue weighted by Crippen LogP contribution is -2.01. The Morgan fingerprint density at radius 2 is 2.14 bits per heavy atom. The molecule has 0 aromatic heterocycles. The molecule has 0 unspecified atom stereocenters. The summed E-state index contributed by atoms with van der Waals surface area (Å²) >= 11 is 0. The van der Waals surface area contributed by atoms with E-state index in [4.69, 9.17) is 14.6 Å². The molecule has 0 spiro atoms. The van der Waals surface area contributed by atoms with Crippen molar-refractivity contribution >= 4 is 13.9 Å². The van der Waals surface area contributed by atoms with Crippen LogP contribution in [0.2, 0.25) is 0 Å². The maximum atomic E-state index is 8.04. The van der Waals surface area contributed by atoms with Gasteiger partial charge in [-0.3, -0.25) is 0 Å². The van der Waals surface area contributed by atoms with Crippen molar-refractivity contribution in [3.63, 3.8) is 0 Å². The molecular formula is C9H11BNO3. The molecule has 0 saturated heterocycles. The van der Waals surface area contributed by atoms with Crippen LogP contribution in [0.4, 0.5) is 0 Å². The molecule has 0 aliphatic rings. The molecule has 1 radical (unpaired) electrons. The molecule has 0 saturated carbocycles. The molecule has 73 valence electrons. The van der Waals surface area contributed by atoms with Gasteiger partial charge < -0.3 is 14.6 Å². The van der Waals surface area contributed by atoms with E-state index in [-0.39, 0.29) is 0 Å². The normalized spacial score (nSPS) is 10.1. The van der Waals surface area contributed by atoms with Gasteiger partial charge in [0, 0.05) is 0 Å². The van der Waals surface area contributed by atoms with Gasteiger partial charge in [-0.2, -0.15) is 0 Å². The Kier molecular flexibility index (Phi) is 4.40. The van der Waals surface area contributed by atoms with Crippen LogP contribution < -0.4 is 4.74 Å². The van der Waals surface area contributed by atoms with Crippen molar-refractivity contribution in [2.24, 2.45) is 5.16 Å². The number of ether oxygens (including phenoxy) is 1. The fourth-order valence-electron chi connectivity index (χ4n) is 0.976. The maximum absolute atomic E-state index is 8.04. The van der Waals surface area contributed by atoms with Crippen molar-refractivity contribution in [1.29, 1.82) is 0 Å². The van der Waals surface area contributed by atoms with Crippen LogP contribution in [0.15, 0.2) is 29.4 Å². The van der Waals surface area contributed by atoms with E-state index < -0.39 is 0 Å². The Morgan fingerprint density at radius 1 is 1.43 bits per heavy atom. The number of oxime groups is 1. The van der Waals surface area contributed by atoms with Crippen molar-refractivity contribution in [1.82, 2.24) is 0 Å². The summed E-state index contributed by atoms with van der Waals surface area (Å²) in [5, 5.41) is 10.7. The van der Waals surface area contributed by atoms with Gasteiger partial charge in [0.05, 0.1) is 7.11 Å². The Hall–Kier alpha value is -1.65. The van der Waals surface area contributed by atoms with Crippen LogP contribution in [0.3, 0.4) is 0 Å². The first-order valence-electron chi connectivity index (χ1n) is 4.13. The summed E-state index contributed by atoms with van der Waals surface area (Å²) in [6.07, 6.45) is 1.61. The molecule has 1 aromatic carbocycles. The second kappa shape index (κ2) is 5.91. The van der Waals surface area contributed by atoms with Crippen LogP contribution in [-0.2, 0) is 11.0 Å². The third-order valence-electron chi connectivity index (χ3n) is 1.68. The molecule has 0 heterocycles. The minimum absolute atomic E-state index is 0.649. The van der Waals surface area contributed by atoms with Gasteiger partial charge in [-0.15, -0.1) is 0 Å². The second-order valence-electron chi connectivity index (χ2n) is 2.58. The number of hydrogen-bond acceptors (Lipinski definition) is 4. The number of methoxy groups -OCH3 is 1. The lowest BCUT2D eigenvalue weighted by atomic mass is 9.89. The van der Waals surface area contributed by atoms with E-state index in [1.54, 1.807) is 14.6 Å². The highest BCUT2D eigenvalue weighted by atomic mass is 16.5. The van der Waals surface area contributed by atoms with Gasteiger partial charge in [0.2, 0.25) is 0 Å². The van der Waals surface area contributed by atoms with E-state index in [2.05, 4.69) is 5.16 Å². The van der Waals surface area contributed by atoms with E-state index >= 15 is 0 Å². The highest BCUT2D eigenvalue weighted by Gasteiger charge is 1.96. The van der Waals surface area contributed by atoms with Gasteiger partial charge in [-0.05, 0) is 18.5 Å². The van der Waals surface area contributed by atoms with Crippen LogP contribution in [0.5, 0.6) is 5.75 Å². The molecule has 1 aromatic rings. The van der Waals surface area contributed by atoms with Crippen molar-refractivity contribution in [2.75, 3.05) is 7.11 Å². The molecule has 4 nitrogen and oxygen atoms in total. The van der Waals surface area contributed by atoms with E-state index in [9.17, 15) is 0 Å². The number of nitrogens with zero attached hydrogens (tertiary/aromatic N) is 1. The minimum Gasteiger partial charge on any atom is -0.553 e.